The molecule has 0 spiro atoms. The number of amides is 1. The van der Waals surface area contributed by atoms with Crippen LogP contribution in [0.15, 0.2) is 36.9 Å². The van der Waals surface area contributed by atoms with Crippen molar-refractivity contribution >= 4 is 14.2 Å². The van der Waals surface area contributed by atoms with Crippen LogP contribution in [0.3, 0.4) is 0 Å². The fourth-order valence-corrected chi connectivity index (χ4v) is 2.96. The van der Waals surface area contributed by atoms with Crippen LogP contribution >= 0.6 is 0 Å². The van der Waals surface area contributed by atoms with Crippen LogP contribution in [0.5, 0.6) is 5.75 Å². The van der Waals surface area contributed by atoms with Crippen molar-refractivity contribution in [2.24, 2.45) is 0 Å². The molecule has 1 rings (SSSR count). The number of carbonyl (C=O) groups is 1. The van der Waals surface area contributed by atoms with E-state index >= 15 is 0 Å². The van der Waals surface area contributed by atoms with Crippen LogP contribution in [0.4, 0.5) is 0 Å². The third-order valence-corrected chi connectivity index (χ3v) is 9.33. The normalized spacial score (nSPS) is 11.9. The summed E-state index contributed by atoms with van der Waals surface area (Å²) in [6, 6.07) is 7.80. The topological polar surface area (TPSA) is 38.8 Å². The van der Waals surface area contributed by atoms with E-state index in [0.29, 0.717) is 13.1 Å². The van der Waals surface area contributed by atoms with Crippen molar-refractivity contribution in [2.45, 2.75) is 51.9 Å². The van der Waals surface area contributed by atoms with Gasteiger partial charge in [-0.25, -0.2) is 0 Å². The Kier molecular flexibility index (Phi) is 7.89. The predicted molar refractivity (Wildman–Crippen MR) is 106 cm³/mol. The lowest BCUT2D eigenvalue weighted by molar-refractivity contribution is -0.134. The second-order valence-electron chi connectivity index (χ2n) is 7.79. The lowest BCUT2D eigenvalue weighted by Gasteiger charge is -2.36. The van der Waals surface area contributed by atoms with Crippen LogP contribution in [0.25, 0.3) is 0 Å². The van der Waals surface area contributed by atoms with E-state index in [2.05, 4.69) is 40.4 Å². The van der Waals surface area contributed by atoms with E-state index in [0.717, 1.165) is 17.7 Å². The van der Waals surface area contributed by atoms with Gasteiger partial charge in [-0.1, -0.05) is 39.0 Å². The van der Waals surface area contributed by atoms with Gasteiger partial charge in [0.25, 0.3) is 0 Å². The number of benzene rings is 1. The van der Waals surface area contributed by atoms with E-state index in [1.54, 1.807) is 7.11 Å². The van der Waals surface area contributed by atoms with Gasteiger partial charge in [0.05, 0.1) is 7.11 Å². The van der Waals surface area contributed by atoms with E-state index in [4.69, 9.17) is 9.16 Å². The number of nitrogens with zero attached hydrogens (tertiary/aromatic N) is 1. The smallest absolute Gasteiger partial charge is 0.247 e. The van der Waals surface area contributed by atoms with Crippen molar-refractivity contribution < 1.29 is 14.0 Å². The number of hydrogen-bond donors (Lipinski definition) is 0. The Morgan fingerprint density at radius 1 is 1.24 bits per heavy atom. The zero-order valence-corrected chi connectivity index (χ0v) is 17.6. The number of methoxy groups -OCH3 is 1. The van der Waals surface area contributed by atoms with Gasteiger partial charge in [-0.3, -0.25) is 4.79 Å². The molecule has 0 fully saturated rings. The minimum absolute atomic E-state index is 0.0301. The molecule has 0 aliphatic rings. The Hall–Kier alpha value is -1.59. The summed E-state index contributed by atoms with van der Waals surface area (Å²) in [4.78, 5) is 14.6. The Labute approximate surface area is 154 Å². The third-order valence-electron chi connectivity index (χ3n) is 4.85. The highest BCUT2D eigenvalue weighted by Gasteiger charge is 2.37. The highest BCUT2D eigenvalue weighted by atomic mass is 28.4. The molecule has 4 nitrogen and oxygen atoms in total. The van der Waals surface area contributed by atoms with Crippen molar-refractivity contribution in [2.75, 3.05) is 20.3 Å². The van der Waals surface area contributed by atoms with E-state index in [9.17, 15) is 4.79 Å². The van der Waals surface area contributed by atoms with Gasteiger partial charge in [0.15, 0.2) is 8.32 Å². The van der Waals surface area contributed by atoms with Gasteiger partial charge >= 0.3 is 0 Å². The van der Waals surface area contributed by atoms with Crippen molar-refractivity contribution in [3.05, 3.63) is 42.5 Å². The fourth-order valence-electron chi connectivity index (χ4n) is 2.04. The highest BCUT2D eigenvalue weighted by molar-refractivity contribution is 6.74. The summed E-state index contributed by atoms with van der Waals surface area (Å²) in [7, 11) is -0.287. The Balaban J connectivity index is 2.76. The summed E-state index contributed by atoms with van der Waals surface area (Å²) in [5.41, 5.74) is 1.07. The molecule has 0 radical (unpaired) electrons. The van der Waals surface area contributed by atoms with Gasteiger partial charge in [0, 0.05) is 13.1 Å². The largest absolute Gasteiger partial charge is 0.497 e. The first-order valence-corrected chi connectivity index (χ1v) is 11.7. The molecule has 0 saturated heterocycles. The van der Waals surface area contributed by atoms with Crippen molar-refractivity contribution in [3.8, 4) is 5.75 Å². The van der Waals surface area contributed by atoms with Crippen LogP contribution in [0.1, 0.15) is 32.8 Å². The Bertz CT molecular complexity index is 561. The zero-order valence-electron chi connectivity index (χ0n) is 16.6. The molecular weight excluding hydrogens is 330 g/mol. The first kappa shape index (κ1) is 21.4. The molecule has 1 aromatic rings. The lowest BCUT2D eigenvalue weighted by atomic mass is 10.2. The van der Waals surface area contributed by atoms with Gasteiger partial charge in [0.2, 0.25) is 5.91 Å². The van der Waals surface area contributed by atoms with Crippen LogP contribution in [-0.4, -0.2) is 39.4 Å². The first-order valence-electron chi connectivity index (χ1n) is 8.76. The average Bonchev–Trinajstić information content (AvgIpc) is 2.56. The second kappa shape index (κ2) is 9.20. The number of hydrogen-bond acceptors (Lipinski definition) is 3. The molecule has 0 aliphatic carbocycles. The second-order valence-corrected chi connectivity index (χ2v) is 12.6. The monoisotopic (exact) mass is 363 g/mol. The number of rotatable bonds is 9. The first-order chi connectivity index (χ1) is 11.6. The van der Waals surface area contributed by atoms with Crippen molar-refractivity contribution in [1.29, 1.82) is 0 Å². The standard InChI is InChI=1S/C20H33NO3Si/c1-8-9-14-21(15-17-10-12-18(23-5)13-11-17)19(22)16-24-25(6,7)20(2,3)4/h8,10-13H,1,9,14-16H2,2-7H3. The molecule has 0 heterocycles. The van der Waals surface area contributed by atoms with Gasteiger partial charge in [-0.2, -0.15) is 0 Å². The summed E-state index contributed by atoms with van der Waals surface area (Å²) in [5, 5.41) is 0.0925. The SMILES string of the molecule is C=CCCN(Cc1ccc(OC)cc1)C(=O)CO[Si](C)(C)C(C)(C)C. The molecule has 0 saturated carbocycles. The van der Waals surface area contributed by atoms with Crippen LogP contribution < -0.4 is 4.74 Å². The van der Waals surface area contributed by atoms with Gasteiger partial charge in [-0.05, 0) is 42.2 Å². The lowest BCUT2D eigenvalue weighted by Crippen LogP contribution is -2.44. The molecule has 1 aromatic carbocycles. The maximum absolute atomic E-state index is 12.7. The summed E-state index contributed by atoms with van der Waals surface area (Å²) in [6.45, 7) is 16.0. The minimum atomic E-state index is -1.93. The molecule has 0 bridgehead atoms. The molecule has 1 amide bonds. The molecule has 0 N–H and O–H groups in total. The number of ether oxygens (including phenoxy) is 1. The van der Waals surface area contributed by atoms with Crippen molar-refractivity contribution in [1.82, 2.24) is 4.90 Å². The summed E-state index contributed by atoms with van der Waals surface area (Å²) >= 11 is 0. The maximum Gasteiger partial charge on any atom is 0.247 e. The van der Waals surface area contributed by atoms with E-state index in [-0.39, 0.29) is 17.6 Å². The average molecular weight is 364 g/mol. The van der Waals surface area contributed by atoms with E-state index in [1.807, 2.05) is 35.2 Å². The molecule has 0 atom stereocenters. The Morgan fingerprint density at radius 3 is 2.32 bits per heavy atom. The molecule has 25 heavy (non-hydrogen) atoms. The minimum Gasteiger partial charge on any atom is -0.497 e. The van der Waals surface area contributed by atoms with Crippen LogP contribution in [0, 0.1) is 0 Å². The highest BCUT2D eigenvalue weighted by Crippen LogP contribution is 2.36. The van der Waals surface area contributed by atoms with Crippen LogP contribution in [0.2, 0.25) is 18.1 Å². The number of carbonyl (C=O) groups excluding carboxylic acids is 1. The van der Waals surface area contributed by atoms with E-state index < -0.39 is 8.32 Å². The summed E-state index contributed by atoms with van der Waals surface area (Å²) in [6.07, 6.45) is 2.60. The van der Waals surface area contributed by atoms with Gasteiger partial charge < -0.3 is 14.1 Å². The van der Waals surface area contributed by atoms with Gasteiger partial charge in [-0.15, -0.1) is 6.58 Å². The summed E-state index contributed by atoms with van der Waals surface area (Å²) in [5.74, 6) is 0.844. The Morgan fingerprint density at radius 2 is 1.84 bits per heavy atom. The molecule has 5 heteroatoms. The zero-order chi connectivity index (χ0) is 19.1. The molecular formula is C20H33NO3Si. The molecule has 0 aliphatic heterocycles. The van der Waals surface area contributed by atoms with Crippen molar-refractivity contribution in [3.63, 3.8) is 0 Å². The molecule has 0 unspecified atom stereocenters. The van der Waals surface area contributed by atoms with Gasteiger partial charge in [0.1, 0.15) is 12.4 Å². The molecule has 0 aromatic heterocycles. The quantitative estimate of drug-likeness (QED) is 0.474. The van der Waals surface area contributed by atoms with E-state index in [1.165, 1.54) is 0 Å². The van der Waals surface area contributed by atoms with Crippen LogP contribution in [-0.2, 0) is 15.8 Å². The third kappa shape index (κ3) is 6.67. The summed E-state index contributed by atoms with van der Waals surface area (Å²) < 4.78 is 11.3. The fraction of sp³-hybridized carbons (Fsp3) is 0.550. The maximum atomic E-state index is 12.7. The molecule has 140 valence electrons. The predicted octanol–water partition coefficient (Wildman–Crippen LogP) is 4.62.